The quantitative estimate of drug-likeness (QED) is 0.547. The van der Waals surface area contributed by atoms with E-state index < -0.39 is 11.9 Å². The van der Waals surface area contributed by atoms with Crippen LogP contribution in [0.3, 0.4) is 0 Å². The molecule has 2 aromatic rings. The lowest BCUT2D eigenvalue weighted by Gasteiger charge is -2.07. The van der Waals surface area contributed by atoms with E-state index in [1.807, 2.05) is 24.3 Å². The van der Waals surface area contributed by atoms with Gasteiger partial charge in [0.15, 0.2) is 0 Å². The molecule has 0 saturated carbocycles. The zero-order valence-corrected chi connectivity index (χ0v) is 13.7. The van der Waals surface area contributed by atoms with Gasteiger partial charge in [-0.2, -0.15) is 0 Å². The highest BCUT2D eigenvalue weighted by Gasteiger charge is 2.04. The van der Waals surface area contributed by atoms with Crippen molar-refractivity contribution in [2.75, 3.05) is 13.7 Å². The first kappa shape index (κ1) is 20.1. The molecule has 0 atom stereocenters. The minimum Gasteiger partial charge on any atom is -0.497 e. The third kappa shape index (κ3) is 8.47. The molecular weight excluding hydrogens is 329 g/mol. The number of ether oxygens (including phenoxy) is 1. The van der Waals surface area contributed by atoms with Gasteiger partial charge >= 0.3 is 11.9 Å². The Morgan fingerprint density at radius 1 is 1.04 bits per heavy atom. The number of hydrogen-bond acceptors (Lipinski definition) is 4. The normalized spacial score (nSPS) is 9.68. The van der Waals surface area contributed by atoms with Crippen molar-refractivity contribution >= 4 is 11.9 Å². The zero-order valence-electron chi connectivity index (χ0n) is 13.7. The van der Waals surface area contributed by atoms with E-state index in [4.69, 9.17) is 24.5 Å². The highest BCUT2D eigenvalue weighted by atomic mass is 19.1. The van der Waals surface area contributed by atoms with Crippen LogP contribution in [0.1, 0.15) is 11.1 Å². The van der Waals surface area contributed by atoms with E-state index in [2.05, 4.69) is 11.4 Å². The lowest BCUT2D eigenvalue weighted by molar-refractivity contribution is -0.159. The molecule has 0 aromatic heterocycles. The minimum atomic E-state index is -1.82. The first-order valence-electron chi connectivity index (χ1n) is 7.46. The van der Waals surface area contributed by atoms with Crippen LogP contribution in [0.15, 0.2) is 48.5 Å². The summed E-state index contributed by atoms with van der Waals surface area (Å²) in [5.74, 6) is -2.96. The van der Waals surface area contributed by atoms with Crippen LogP contribution in [-0.2, 0) is 22.6 Å². The number of carboxylic acids is 2. The molecular formula is C18H20FNO5. The molecule has 0 aliphatic rings. The van der Waals surface area contributed by atoms with E-state index in [0.29, 0.717) is 0 Å². The molecule has 2 rings (SSSR count). The van der Waals surface area contributed by atoms with Crippen molar-refractivity contribution in [1.82, 2.24) is 5.32 Å². The van der Waals surface area contributed by atoms with E-state index in [0.717, 1.165) is 30.8 Å². The summed E-state index contributed by atoms with van der Waals surface area (Å²) in [4.78, 5) is 18.2. The number of carboxylic acid groups (broad SMARTS) is 2. The van der Waals surface area contributed by atoms with Crippen molar-refractivity contribution in [1.29, 1.82) is 0 Å². The molecule has 7 heteroatoms. The summed E-state index contributed by atoms with van der Waals surface area (Å²) in [5.41, 5.74) is 2.19. The fourth-order valence-corrected chi connectivity index (χ4v) is 1.94. The zero-order chi connectivity index (χ0) is 18.7. The van der Waals surface area contributed by atoms with Gasteiger partial charge in [-0.15, -0.1) is 0 Å². The molecule has 0 saturated heterocycles. The second-order valence-electron chi connectivity index (χ2n) is 5.02. The standard InChI is InChI=1S/C16H18FNO.C2H2O4/c1-19-16-7-3-5-14(11-16)12-18-9-8-13-4-2-6-15(17)10-13;3-1(4)2(5)6/h2-7,10-11,18H,8-9,12H2,1H3;(H,3,4)(H,5,6). The maximum atomic E-state index is 13.0. The third-order valence-electron chi connectivity index (χ3n) is 3.13. The van der Waals surface area contributed by atoms with E-state index in [1.165, 1.54) is 11.6 Å². The smallest absolute Gasteiger partial charge is 0.414 e. The largest absolute Gasteiger partial charge is 0.497 e. The number of halogens is 1. The summed E-state index contributed by atoms with van der Waals surface area (Å²) >= 11 is 0. The molecule has 0 bridgehead atoms. The predicted octanol–water partition coefficient (Wildman–Crippen LogP) is 2.32. The van der Waals surface area contributed by atoms with E-state index >= 15 is 0 Å². The SMILES string of the molecule is COc1cccc(CNCCc2cccc(F)c2)c1.O=C(O)C(=O)O. The summed E-state index contributed by atoms with van der Waals surface area (Å²) in [5, 5.41) is 18.1. The highest BCUT2D eigenvalue weighted by Crippen LogP contribution is 2.12. The van der Waals surface area contributed by atoms with Gasteiger partial charge in [-0.05, 0) is 48.4 Å². The average Bonchev–Trinajstić information content (AvgIpc) is 2.59. The fourth-order valence-electron chi connectivity index (χ4n) is 1.94. The molecule has 25 heavy (non-hydrogen) atoms. The monoisotopic (exact) mass is 349 g/mol. The summed E-state index contributed by atoms with van der Waals surface area (Å²) < 4.78 is 18.2. The van der Waals surface area contributed by atoms with Crippen LogP contribution in [0.5, 0.6) is 5.75 Å². The van der Waals surface area contributed by atoms with Gasteiger partial charge < -0.3 is 20.3 Å². The van der Waals surface area contributed by atoms with Gasteiger partial charge in [-0.25, -0.2) is 14.0 Å². The molecule has 0 radical (unpaired) electrons. The van der Waals surface area contributed by atoms with E-state index in [1.54, 1.807) is 19.2 Å². The molecule has 6 nitrogen and oxygen atoms in total. The topological polar surface area (TPSA) is 95.9 Å². The maximum absolute atomic E-state index is 13.0. The van der Waals surface area contributed by atoms with Gasteiger partial charge in [-0.1, -0.05) is 24.3 Å². The summed E-state index contributed by atoms with van der Waals surface area (Å²) in [6.45, 7) is 1.60. The Kier molecular flexibility index (Phi) is 8.67. The van der Waals surface area contributed by atoms with Gasteiger partial charge in [0.05, 0.1) is 7.11 Å². The van der Waals surface area contributed by atoms with E-state index in [-0.39, 0.29) is 5.82 Å². The molecule has 0 aliphatic carbocycles. The molecule has 2 aromatic carbocycles. The Labute approximate surface area is 144 Å². The van der Waals surface area contributed by atoms with Crippen LogP contribution < -0.4 is 10.1 Å². The van der Waals surface area contributed by atoms with Gasteiger partial charge in [0.1, 0.15) is 11.6 Å². The molecule has 0 spiro atoms. The van der Waals surface area contributed by atoms with Crippen LogP contribution in [0.4, 0.5) is 4.39 Å². The number of nitrogens with one attached hydrogen (secondary N) is 1. The number of methoxy groups -OCH3 is 1. The lowest BCUT2D eigenvalue weighted by atomic mass is 10.1. The molecule has 134 valence electrons. The lowest BCUT2D eigenvalue weighted by Crippen LogP contribution is -2.16. The molecule has 0 unspecified atom stereocenters. The molecule has 0 heterocycles. The Morgan fingerprint density at radius 3 is 2.28 bits per heavy atom. The fraction of sp³-hybridized carbons (Fsp3) is 0.222. The minimum absolute atomic E-state index is 0.176. The van der Waals surface area contributed by atoms with Crippen LogP contribution >= 0.6 is 0 Å². The van der Waals surface area contributed by atoms with E-state index in [9.17, 15) is 4.39 Å². The Morgan fingerprint density at radius 2 is 1.68 bits per heavy atom. The van der Waals surface area contributed by atoms with Crippen LogP contribution in [-0.4, -0.2) is 35.8 Å². The Hall–Kier alpha value is -2.93. The van der Waals surface area contributed by atoms with Gasteiger partial charge in [0.2, 0.25) is 0 Å². The first-order chi connectivity index (χ1) is 11.9. The van der Waals surface area contributed by atoms with Crippen molar-refractivity contribution in [2.45, 2.75) is 13.0 Å². The van der Waals surface area contributed by atoms with Crippen molar-refractivity contribution in [3.05, 3.63) is 65.5 Å². The maximum Gasteiger partial charge on any atom is 0.414 e. The molecule has 0 aliphatic heterocycles. The Bertz CT molecular complexity index is 693. The second-order valence-corrected chi connectivity index (χ2v) is 5.02. The van der Waals surface area contributed by atoms with Crippen molar-refractivity contribution < 1.29 is 28.9 Å². The predicted molar refractivity (Wildman–Crippen MR) is 90.1 cm³/mol. The van der Waals surface area contributed by atoms with Crippen molar-refractivity contribution in [3.8, 4) is 5.75 Å². The number of hydrogen-bond donors (Lipinski definition) is 3. The highest BCUT2D eigenvalue weighted by molar-refractivity contribution is 6.27. The van der Waals surface area contributed by atoms with Crippen LogP contribution in [0.2, 0.25) is 0 Å². The number of rotatable bonds is 6. The van der Waals surface area contributed by atoms with Crippen LogP contribution in [0, 0.1) is 5.82 Å². The van der Waals surface area contributed by atoms with Crippen molar-refractivity contribution in [3.63, 3.8) is 0 Å². The summed E-state index contributed by atoms with van der Waals surface area (Å²) in [6, 6.07) is 14.7. The van der Waals surface area contributed by atoms with Gasteiger partial charge in [-0.3, -0.25) is 0 Å². The molecule has 0 amide bonds. The molecule has 0 fully saturated rings. The number of benzene rings is 2. The van der Waals surface area contributed by atoms with Gasteiger partial charge in [0.25, 0.3) is 0 Å². The molecule has 3 N–H and O–H groups in total. The first-order valence-corrected chi connectivity index (χ1v) is 7.46. The summed E-state index contributed by atoms with van der Waals surface area (Å²) in [7, 11) is 1.66. The van der Waals surface area contributed by atoms with Crippen molar-refractivity contribution in [2.24, 2.45) is 0 Å². The van der Waals surface area contributed by atoms with Gasteiger partial charge in [0, 0.05) is 6.54 Å². The average molecular weight is 349 g/mol. The van der Waals surface area contributed by atoms with Crippen LogP contribution in [0.25, 0.3) is 0 Å². The Balaban J connectivity index is 0.000000450. The third-order valence-corrected chi connectivity index (χ3v) is 3.13. The summed E-state index contributed by atoms with van der Waals surface area (Å²) in [6.07, 6.45) is 0.821. The number of carbonyl (C=O) groups is 2. The number of aliphatic carboxylic acids is 2. The second kappa shape index (κ2) is 10.8.